The van der Waals surface area contributed by atoms with Crippen LogP contribution in [0.25, 0.3) is 0 Å². The summed E-state index contributed by atoms with van der Waals surface area (Å²) in [6.07, 6.45) is 0. The van der Waals surface area contributed by atoms with E-state index in [0.29, 0.717) is 16.2 Å². The number of hydrogen-bond acceptors (Lipinski definition) is 4. The number of thioether (sulfide) groups is 1. The molecule has 1 N–H and O–H groups in total. The predicted octanol–water partition coefficient (Wildman–Crippen LogP) is 2.77. The normalized spacial score (nSPS) is 26.0. The van der Waals surface area contributed by atoms with Gasteiger partial charge in [0, 0.05) is 35.0 Å². The maximum absolute atomic E-state index is 10.8. The summed E-state index contributed by atoms with van der Waals surface area (Å²) in [7, 11) is 0. The summed E-state index contributed by atoms with van der Waals surface area (Å²) in [4.78, 5) is 14.8. The molecule has 0 saturated carbocycles. The van der Waals surface area contributed by atoms with Gasteiger partial charge >= 0.3 is 5.97 Å². The van der Waals surface area contributed by atoms with Crippen molar-refractivity contribution in [1.29, 1.82) is 0 Å². The number of nitrogens with zero attached hydrogens (tertiary/aromatic N) is 1. The maximum Gasteiger partial charge on any atom is 0.345 e. The highest BCUT2D eigenvalue weighted by Crippen LogP contribution is 2.27. The molecule has 0 radical (unpaired) electrons. The Labute approximate surface area is 110 Å². The van der Waals surface area contributed by atoms with Gasteiger partial charge in [-0.1, -0.05) is 6.92 Å². The highest BCUT2D eigenvalue weighted by Gasteiger charge is 2.25. The zero-order chi connectivity index (χ0) is 12.4. The lowest BCUT2D eigenvalue weighted by atomic mass is 10.2. The minimum Gasteiger partial charge on any atom is -0.477 e. The molecule has 1 aliphatic heterocycles. The van der Waals surface area contributed by atoms with E-state index in [4.69, 9.17) is 5.11 Å². The van der Waals surface area contributed by atoms with E-state index in [1.807, 2.05) is 17.8 Å². The molecule has 94 valence electrons. The van der Waals surface area contributed by atoms with Gasteiger partial charge in [0.2, 0.25) is 0 Å². The molecular formula is C12H17NO2S2. The first kappa shape index (κ1) is 12.9. The Morgan fingerprint density at radius 2 is 2.29 bits per heavy atom. The third kappa shape index (κ3) is 3.03. The molecule has 17 heavy (non-hydrogen) atoms. The van der Waals surface area contributed by atoms with Crippen LogP contribution in [0.5, 0.6) is 0 Å². The van der Waals surface area contributed by atoms with Gasteiger partial charge in [-0.2, -0.15) is 11.8 Å². The van der Waals surface area contributed by atoms with Crippen molar-refractivity contribution in [3.05, 3.63) is 21.9 Å². The van der Waals surface area contributed by atoms with Crippen LogP contribution in [0, 0.1) is 0 Å². The molecule has 0 amide bonds. The van der Waals surface area contributed by atoms with Gasteiger partial charge in [-0.3, -0.25) is 4.90 Å². The van der Waals surface area contributed by atoms with Crippen molar-refractivity contribution in [3.8, 4) is 0 Å². The van der Waals surface area contributed by atoms with Crippen LogP contribution in [-0.2, 0) is 6.54 Å². The molecule has 1 aromatic heterocycles. The minimum absolute atomic E-state index is 0.437. The summed E-state index contributed by atoms with van der Waals surface area (Å²) in [6.45, 7) is 6.49. The molecule has 3 nitrogen and oxygen atoms in total. The minimum atomic E-state index is -0.822. The molecule has 1 fully saturated rings. The Balaban J connectivity index is 2.01. The van der Waals surface area contributed by atoms with Crippen LogP contribution in [-0.4, -0.2) is 39.6 Å². The first-order chi connectivity index (χ1) is 8.08. The van der Waals surface area contributed by atoms with Crippen molar-refractivity contribution in [2.75, 3.05) is 12.3 Å². The molecule has 1 aromatic rings. The Kier molecular flexibility index (Phi) is 4.12. The van der Waals surface area contributed by atoms with Gasteiger partial charge in [-0.05, 0) is 19.1 Å². The van der Waals surface area contributed by atoms with E-state index in [-0.39, 0.29) is 0 Å². The first-order valence-electron chi connectivity index (χ1n) is 5.75. The molecule has 0 aromatic carbocycles. The van der Waals surface area contributed by atoms with Gasteiger partial charge in [0.05, 0.1) is 0 Å². The number of carboxylic acid groups (broad SMARTS) is 1. The molecule has 5 heteroatoms. The van der Waals surface area contributed by atoms with Crippen LogP contribution < -0.4 is 0 Å². The van der Waals surface area contributed by atoms with E-state index in [0.717, 1.165) is 18.0 Å². The molecule has 1 saturated heterocycles. The fourth-order valence-corrected chi connectivity index (χ4v) is 4.03. The van der Waals surface area contributed by atoms with E-state index in [2.05, 4.69) is 18.7 Å². The smallest absolute Gasteiger partial charge is 0.345 e. The molecular weight excluding hydrogens is 254 g/mol. The van der Waals surface area contributed by atoms with Crippen LogP contribution in [0.2, 0.25) is 0 Å². The van der Waals surface area contributed by atoms with E-state index < -0.39 is 5.97 Å². The second-order valence-corrected chi connectivity index (χ2v) is 7.01. The summed E-state index contributed by atoms with van der Waals surface area (Å²) < 4.78 is 0. The van der Waals surface area contributed by atoms with Crippen molar-refractivity contribution >= 4 is 29.1 Å². The Bertz CT molecular complexity index is 405. The monoisotopic (exact) mass is 271 g/mol. The molecule has 0 aliphatic carbocycles. The van der Waals surface area contributed by atoms with Crippen LogP contribution in [0.4, 0.5) is 0 Å². The Hall–Kier alpha value is -0.520. The van der Waals surface area contributed by atoms with Crippen molar-refractivity contribution in [3.63, 3.8) is 0 Å². The second-order valence-electron chi connectivity index (χ2n) is 4.36. The van der Waals surface area contributed by atoms with Gasteiger partial charge in [0.15, 0.2) is 0 Å². The Morgan fingerprint density at radius 1 is 1.53 bits per heavy atom. The van der Waals surface area contributed by atoms with Crippen molar-refractivity contribution in [2.24, 2.45) is 0 Å². The lowest BCUT2D eigenvalue weighted by Gasteiger charge is -2.37. The first-order valence-corrected chi connectivity index (χ1v) is 7.62. The van der Waals surface area contributed by atoms with Gasteiger partial charge in [0.1, 0.15) is 4.88 Å². The quantitative estimate of drug-likeness (QED) is 0.917. The fourth-order valence-electron chi connectivity index (χ4n) is 2.00. The molecule has 2 atom stereocenters. The van der Waals surface area contributed by atoms with Gasteiger partial charge in [0.25, 0.3) is 0 Å². The Morgan fingerprint density at radius 3 is 2.94 bits per heavy atom. The van der Waals surface area contributed by atoms with E-state index in [9.17, 15) is 4.79 Å². The van der Waals surface area contributed by atoms with Gasteiger partial charge in [-0.25, -0.2) is 4.79 Å². The van der Waals surface area contributed by atoms with E-state index >= 15 is 0 Å². The molecule has 2 unspecified atom stereocenters. The number of thiophene rings is 1. The van der Waals surface area contributed by atoms with E-state index in [1.54, 1.807) is 6.07 Å². The number of carbonyl (C=O) groups is 1. The maximum atomic E-state index is 10.8. The van der Waals surface area contributed by atoms with Gasteiger partial charge < -0.3 is 5.11 Å². The average Bonchev–Trinajstić information content (AvgIpc) is 2.73. The van der Waals surface area contributed by atoms with Crippen molar-refractivity contribution in [1.82, 2.24) is 4.90 Å². The third-order valence-corrected chi connectivity index (χ3v) is 5.64. The molecule has 0 bridgehead atoms. The summed E-state index contributed by atoms with van der Waals surface area (Å²) in [5.41, 5.74) is 0. The SMILES string of the molecule is CC1SCCN(Cc2ccc(C(=O)O)s2)C1C. The molecule has 1 aliphatic rings. The number of aromatic carboxylic acids is 1. The topological polar surface area (TPSA) is 40.5 Å². The lowest BCUT2D eigenvalue weighted by Crippen LogP contribution is -2.43. The third-order valence-electron chi connectivity index (χ3n) is 3.25. The number of rotatable bonds is 3. The van der Waals surface area contributed by atoms with E-state index in [1.165, 1.54) is 17.1 Å². The standard InChI is InChI=1S/C12H17NO2S2/c1-8-9(2)16-6-5-13(8)7-10-3-4-11(17-10)12(14)15/h3-4,8-9H,5-7H2,1-2H3,(H,14,15). The zero-order valence-electron chi connectivity index (χ0n) is 10.0. The highest BCUT2D eigenvalue weighted by molar-refractivity contribution is 8.00. The molecule has 2 heterocycles. The van der Waals surface area contributed by atoms with Gasteiger partial charge in [-0.15, -0.1) is 11.3 Å². The van der Waals surface area contributed by atoms with Crippen LogP contribution >= 0.6 is 23.1 Å². The van der Waals surface area contributed by atoms with Crippen LogP contribution in [0.1, 0.15) is 28.4 Å². The molecule has 2 rings (SSSR count). The molecule has 0 spiro atoms. The summed E-state index contributed by atoms with van der Waals surface area (Å²) in [5, 5.41) is 9.55. The lowest BCUT2D eigenvalue weighted by molar-refractivity contribution is 0.0702. The average molecular weight is 271 g/mol. The second kappa shape index (κ2) is 5.42. The number of carboxylic acids is 1. The summed E-state index contributed by atoms with van der Waals surface area (Å²) in [5.74, 6) is 0.347. The van der Waals surface area contributed by atoms with Crippen molar-refractivity contribution < 1.29 is 9.90 Å². The number of hydrogen-bond donors (Lipinski definition) is 1. The summed E-state index contributed by atoms with van der Waals surface area (Å²) >= 11 is 3.41. The largest absolute Gasteiger partial charge is 0.477 e. The fraction of sp³-hybridized carbons (Fsp3) is 0.583. The zero-order valence-corrected chi connectivity index (χ0v) is 11.7. The summed E-state index contributed by atoms with van der Waals surface area (Å²) in [6, 6.07) is 4.20. The predicted molar refractivity (Wildman–Crippen MR) is 73.1 cm³/mol. The van der Waals surface area contributed by atoms with Crippen LogP contribution in [0.3, 0.4) is 0 Å². The highest BCUT2D eigenvalue weighted by atomic mass is 32.2. The van der Waals surface area contributed by atoms with Crippen LogP contribution in [0.15, 0.2) is 12.1 Å². The van der Waals surface area contributed by atoms with Crippen molar-refractivity contribution in [2.45, 2.75) is 31.7 Å².